The molecule has 0 atom stereocenters. The lowest BCUT2D eigenvalue weighted by molar-refractivity contribution is 0.0880. The van der Waals surface area contributed by atoms with Gasteiger partial charge in [-0.05, 0) is 24.6 Å². The predicted molar refractivity (Wildman–Crippen MR) is 87.3 cm³/mol. The van der Waals surface area contributed by atoms with Crippen molar-refractivity contribution >= 4 is 23.3 Å². The highest BCUT2D eigenvalue weighted by Crippen LogP contribution is 2.26. The molecule has 7 nitrogen and oxygen atoms in total. The summed E-state index contributed by atoms with van der Waals surface area (Å²) >= 11 is 0. The molecule has 2 amide bonds. The zero-order valence-electron chi connectivity index (χ0n) is 13.0. The third-order valence-corrected chi connectivity index (χ3v) is 3.90. The van der Waals surface area contributed by atoms with Gasteiger partial charge in [-0.2, -0.15) is 0 Å². The van der Waals surface area contributed by atoms with Gasteiger partial charge in [0.2, 0.25) is 0 Å². The molecule has 3 rings (SSSR count). The van der Waals surface area contributed by atoms with E-state index < -0.39 is 17.4 Å². The van der Waals surface area contributed by atoms with Crippen LogP contribution in [0.4, 0.5) is 11.5 Å². The number of nitrogens with two attached hydrogens (primary N) is 1. The van der Waals surface area contributed by atoms with Gasteiger partial charge in [-0.3, -0.25) is 24.3 Å². The van der Waals surface area contributed by atoms with Crippen molar-refractivity contribution in [3.63, 3.8) is 0 Å². The lowest BCUT2D eigenvalue weighted by atomic mass is 10.1. The van der Waals surface area contributed by atoms with Gasteiger partial charge in [0, 0.05) is 25.8 Å². The summed E-state index contributed by atoms with van der Waals surface area (Å²) in [5, 5.41) is 2.15. The highest BCUT2D eigenvalue weighted by molar-refractivity contribution is 6.23. The second-order valence-electron chi connectivity index (χ2n) is 5.64. The number of benzene rings is 1. The number of fused-ring (bicyclic) bond motifs is 1. The number of hydrogen-bond acceptors (Lipinski definition) is 5. The number of carbonyl (C=O) groups is 2. The SMILES string of the molecule is Cc1ccc(N(C)C)cc1-n1c(N)c2c(cc1=O)C(=O)NC2=O. The van der Waals surface area contributed by atoms with Crippen molar-refractivity contribution in [3.05, 3.63) is 51.3 Å². The van der Waals surface area contributed by atoms with Crippen molar-refractivity contribution in [2.45, 2.75) is 6.92 Å². The lowest BCUT2D eigenvalue weighted by Gasteiger charge is -2.18. The standard InChI is InChI=1S/C16H16N4O3/c1-8-4-5-9(19(2)3)6-11(8)20-12(21)7-10-13(14(20)17)16(23)18-15(10)22/h4-7H,17H2,1-3H3,(H,18,22,23). The smallest absolute Gasteiger partial charge is 0.262 e. The van der Waals surface area contributed by atoms with Gasteiger partial charge in [-0.25, -0.2) is 0 Å². The average molecular weight is 312 g/mol. The summed E-state index contributed by atoms with van der Waals surface area (Å²) < 4.78 is 1.26. The third kappa shape index (κ3) is 2.17. The maximum atomic E-state index is 12.5. The lowest BCUT2D eigenvalue weighted by Crippen LogP contribution is -2.25. The van der Waals surface area contributed by atoms with Gasteiger partial charge in [0.25, 0.3) is 17.4 Å². The zero-order chi connectivity index (χ0) is 16.9. The van der Waals surface area contributed by atoms with E-state index in [4.69, 9.17) is 5.73 Å². The van der Waals surface area contributed by atoms with E-state index in [9.17, 15) is 14.4 Å². The van der Waals surface area contributed by atoms with Crippen LogP contribution in [0.5, 0.6) is 0 Å². The Morgan fingerprint density at radius 2 is 1.78 bits per heavy atom. The Balaban J connectivity index is 2.33. The first kappa shape index (κ1) is 14.8. The Labute approximate surface area is 132 Å². The zero-order valence-corrected chi connectivity index (χ0v) is 13.0. The molecular weight excluding hydrogens is 296 g/mol. The molecule has 0 saturated carbocycles. The van der Waals surface area contributed by atoms with E-state index in [1.165, 1.54) is 4.57 Å². The molecule has 23 heavy (non-hydrogen) atoms. The second-order valence-corrected chi connectivity index (χ2v) is 5.64. The Hall–Kier alpha value is -3.09. The average Bonchev–Trinajstić information content (AvgIpc) is 2.75. The van der Waals surface area contributed by atoms with Gasteiger partial charge >= 0.3 is 0 Å². The van der Waals surface area contributed by atoms with Gasteiger partial charge < -0.3 is 10.6 Å². The fourth-order valence-corrected chi connectivity index (χ4v) is 2.64. The maximum absolute atomic E-state index is 12.5. The van der Waals surface area contributed by atoms with E-state index in [0.29, 0.717) is 5.69 Å². The molecule has 0 spiro atoms. The number of aryl methyl sites for hydroxylation is 1. The molecule has 2 heterocycles. The summed E-state index contributed by atoms with van der Waals surface area (Å²) in [6, 6.07) is 6.75. The van der Waals surface area contributed by atoms with Crippen LogP contribution in [-0.4, -0.2) is 30.5 Å². The van der Waals surface area contributed by atoms with Gasteiger partial charge in [-0.15, -0.1) is 0 Å². The number of aromatic nitrogens is 1. The number of anilines is 2. The number of nitrogens with zero attached hydrogens (tertiary/aromatic N) is 2. The molecule has 7 heteroatoms. The van der Waals surface area contributed by atoms with Gasteiger partial charge in [0.15, 0.2) is 0 Å². The number of carbonyl (C=O) groups excluding carboxylic acids is 2. The molecule has 0 radical (unpaired) electrons. The fraction of sp³-hybridized carbons (Fsp3) is 0.188. The maximum Gasteiger partial charge on any atom is 0.262 e. The Morgan fingerprint density at radius 1 is 1.09 bits per heavy atom. The Morgan fingerprint density at radius 3 is 2.43 bits per heavy atom. The van der Waals surface area contributed by atoms with Crippen LogP contribution in [0, 0.1) is 6.92 Å². The molecule has 1 aliphatic heterocycles. The van der Waals surface area contributed by atoms with Crippen LogP contribution in [0.3, 0.4) is 0 Å². The first-order valence-corrected chi connectivity index (χ1v) is 7.01. The van der Waals surface area contributed by atoms with E-state index in [0.717, 1.165) is 17.3 Å². The van der Waals surface area contributed by atoms with Crippen LogP contribution in [0.15, 0.2) is 29.1 Å². The molecule has 0 fully saturated rings. The quantitative estimate of drug-likeness (QED) is 0.795. The van der Waals surface area contributed by atoms with E-state index in [-0.39, 0.29) is 16.9 Å². The summed E-state index contributed by atoms with van der Waals surface area (Å²) in [6.45, 7) is 1.85. The van der Waals surface area contributed by atoms with Gasteiger partial charge in [0.1, 0.15) is 5.82 Å². The minimum absolute atomic E-state index is 0.0233. The number of nitrogens with one attached hydrogen (secondary N) is 1. The van der Waals surface area contributed by atoms with Crippen molar-refractivity contribution in [2.75, 3.05) is 24.7 Å². The summed E-state index contributed by atoms with van der Waals surface area (Å²) in [7, 11) is 3.77. The van der Waals surface area contributed by atoms with Crippen LogP contribution in [0.25, 0.3) is 5.69 Å². The number of hydrogen-bond donors (Lipinski definition) is 2. The van der Waals surface area contributed by atoms with Crippen LogP contribution in [0.1, 0.15) is 26.3 Å². The van der Waals surface area contributed by atoms with Crippen molar-refractivity contribution in [1.29, 1.82) is 0 Å². The molecule has 0 saturated heterocycles. The van der Waals surface area contributed by atoms with E-state index in [1.807, 2.05) is 44.1 Å². The van der Waals surface area contributed by atoms with Crippen LogP contribution < -0.4 is 21.5 Å². The van der Waals surface area contributed by atoms with Crippen molar-refractivity contribution in [3.8, 4) is 5.69 Å². The van der Waals surface area contributed by atoms with E-state index in [1.54, 1.807) is 0 Å². The molecule has 2 aromatic rings. The number of rotatable bonds is 2. The molecule has 118 valence electrons. The Bertz CT molecular complexity index is 912. The number of pyridine rings is 1. The third-order valence-electron chi connectivity index (χ3n) is 3.90. The monoisotopic (exact) mass is 312 g/mol. The van der Waals surface area contributed by atoms with Crippen LogP contribution >= 0.6 is 0 Å². The predicted octanol–water partition coefficient (Wildman–Crippen LogP) is 0.678. The largest absolute Gasteiger partial charge is 0.384 e. The van der Waals surface area contributed by atoms with Crippen molar-refractivity contribution in [1.82, 2.24) is 9.88 Å². The first-order chi connectivity index (χ1) is 10.8. The summed E-state index contributed by atoms with van der Waals surface area (Å²) in [5.74, 6) is -1.22. The summed E-state index contributed by atoms with van der Waals surface area (Å²) in [6.07, 6.45) is 0. The van der Waals surface area contributed by atoms with Crippen molar-refractivity contribution in [2.24, 2.45) is 0 Å². The number of amides is 2. The van der Waals surface area contributed by atoms with Crippen molar-refractivity contribution < 1.29 is 9.59 Å². The molecule has 1 aromatic carbocycles. The molecule has 3 N–H and O–H groups in total. The summed E-state index contributed by atoms with van der Waals surface area (Å²) in [5.41, 5.74) is 7.96. The minimum Gasteiger partial charge on any atom is -0.384 e. The highest BCUT2D eigenvalue weighted by atomic mass is 16.2. The first-order valence-electron chi connectivity index (χ1n) is 7.01. The molecule has 1 aliphatic rings. The van der Waals surface area contributed by atoms with Crippen LogP contribution in [0.2, 0.25) is 0 Å². The molecule has 0 aliphatic carbocycles. The molecule has 0 bridgehead atoms. The topological polar surface area (TPSA) is 97.4 Å². The normalized spacial score (nSPS) is 13.0. The van der Waals surface area contributed by atoms with Gasteiger partial charge in [-0.1, -0.05) is 6.07 Å². The summed E-state index contributed by atoms with van der Waals surface area (Å²) in [4.78, 5) is 38.0. The van der Waals surface area contributed by atoms with E-state index >= 15 is 0 Å². The van der Waals surface area contributed by atoms with Gasteiger partial charge in [0.05, 0.1) is 16.8 Å². The highest BCUT2D eigenvalue weighted by Gasteiger charge is 2.32. The van der Waals surface area contributed by atoms with Crippen LogP contribution in [-0.2, 0) is 0 Å². The minimum atomic E-state index is -0.597. The molecule has 0 unspecified atom stereocenters. The number of imide groups is 1. The van der Waals surface area contributed by atoms with E-state index in [2.05, 4.69) is 5.32 Å². The molecular formula is C16H16N4O3. The molecule has 1 aromatic heterocycles. The fourth-order valence-electron chi connectivity index (χ4n) is 2.64. The second kappa shape index (κ2) is 4.98. The number of nitrogen functional groups attached to an aromatic ring is 1. The Kier molecular flexibility index (Phi) is 3.21.